The molecule has 1 aromatic carbocycles. The predicted octanol–water partition coefficient (Wildman–Crippen LogP) is 3.55. The summed E-state index contributed by atoms with van der Waals surface area (Å²) in [5, 5.41) is 3.36. The van der Waals surface area contributed by atoms with Crippen molar-refractivity contribution in [1.82, 2.24) is 10.2 Å². The first-order valence-corrected chi connectivity index (χ1v) is 7.25. The first kappa shape index (κ1) is 15.7. The molecule has 0 aliphatic carbocycles. The van der Waals surface area contributed by atoms with Gasteiger partial charge in [0, 0.05) is 24.7 Å². The second-order valence-corrected chi connectivity index (χ2v) is 5.76. The van der Waals surface area contributed by atoms with Gasteiger partial charge in [0.25, 0.3) is 0 Å². The van der Waals surface area contributed by atoms with Gasteiger partial charge in [0.05, 0.1) is 12.8 Å². The minimum Gasteiger partial charge on any atom is -0.468 e. The van der Waals surface area contributed by atoms with Crippen LogP contribution in [0.1, 0.15) is 30.7 Å². The van der Waals surface area contributed by atoms with Crippen LogP contribution in [0.25, 0.3) is 0 Å². The van der Waals surface area contributed by atoms with Crippen molar-refractivity contribution in [2.75, 3.05) is 7.05 Å². The van der Waals surface area contributed by atoms with E-state index in [9.17, 15) is 4.39 Å². The molecule has 0 saturated carbocycles. The van der Waals surface area contributed by atoms with E-state index >= 15 is 0 Å². The van der Waals surface area contributed by atoms with Crippen molar-refractivity contribution in [3.63, 3.8) is 0 Å². The Morgan fingerprint density at radius 1 is 1.19 bits per heavy atom. The topological polar surface area (TPSA) is 28.4 Å². The van der Waals surface area contributed by atoms with Crippen LogP contribution in [0.4, 0.5) is 4.39 Å². The minimum absolute atomic E-state index is 0.194. The largest absolute Gasteiger partial charge is 0.468 e. The van der Waals surface area contributed by atoms with E-state index in [1.165, 1.54) is 6.07 Å². The molecule has 0 spiro atoms. The van der Waals surface area contributed by atoms with Gasteiger partial charge in [-0.25, -0.2) is 4.39 Å². The molecule has 2 aromatic rings. The van der Waals surface area contributed by atoms with Gasteiger partial charge in [0.15, 0.2) is 0 Å². The maximum Gasteiger partial charge on any atom is 0.123 e. The monoisotopic (exact) mass is 290 g/mol. The molecule has 0 fully saturated rings. The summed E-state index contributed by atoms with van der Waals surface area (Å²) in [5.41, 5.74) is 2.11. The van der Waals surface area contributed by atoms with Crippen molar-refractivity contribution in [2.45, 2.75) is 39.5 Å². The zero-order valence-corrected chi connectivity index (χ0v) is 12.9. The lowest BCUT2D eigenvalue weighted by atomic mass is 10.2. The van der Waals surface area contributed by atoms with E-state index in [1.54, 1.807) is 18.4 Å². The van der Waals surface area contributed by atoms with Crippen LogP contribution in [0.5, 0.6) is 0 Å². The molecule has 0 unspecified atom stereocenters. The molecule has 0 saturated heterocycles. The van der Waals surface area contributed by atoms with Crippen LogP contribution in [-0.2, 0) is 19.6 Å². The fraction of sp³-hybridized carbons (Fsp3) is 0.412. The first-order valence-electron chi connectivity index (χ1n) is 7.25. The third-order valence-electron chi connectivity index (χ3n) is 3.19. The van der Waals surface area contributed by atoms with Gasteiger partial charge in [-0.15, -0.1) is 0 Å². The lowest BCUT2D eigenvalue weighted by molar-refractivity contribution is 0.287. The summed E-state index contributed by atoms with van der Waals surface area (Å²) >= 11 is 0. The SMILES string of the molecule is CC(C)NCc1coc(CN(C)Cc2cccc(F)c2)c1. The Labute approximate surface area is 125 Å². The molecule has 0 bridgehead atoms. The van der Waals surface area contributed by atoms with Gasteiger partial charge < -0.3 is 9.73 Å². The lowest BCUT2D eigenvalue weighted by Crippen LogP contribution is -2.21. The van der Waals surface area contributed by atoms with Gasteiger partial charge in [0.1, 0.15) is 11.6 Å². The van der Waals surface area contributed by atoms with Crippen LogP contribution in [-0.4, -0.2) is 18.0 Å². The Balaban J connectivity index is 1.86. The quantitative estimate of drug-likeness (QED) is 0.845. The van der Waals surface area contributed by atoms with Crippen LogP contribution < -0.4 is 5.32 Å². The summed E-state index contributed by atoms with van der Waals surface area (Å²) in [6.07, 6.45) is 1.79. The highest BCUT2D eigenvalue weighted by atomic mass is 19.1. The van der Waals surface area contributed by atoms with Crippen LogP contribution >= 0.6 is 0 Å². The van der Waals surface area contributed by atoms with E-state index in [-0.39, 0.29) is 5.82 Å². The van der Waals surface area contributed by atoms with Crippen molar-refractivity contribution in [3.8, 4) is 0 Å². The third-order valence-corrected chi connectivity index (χ3v) is 3.19. The zero-order chi connectivity index (χ0) is 15.2. The number of halogens is 1. The Morgan fingerprint density at radius 2 is 2.00 bits per heavy atom. The molecule has 0 aliphatic rings. The maximum atomic E-state index is 13.2. The van der Waals surface area contributed by atoms with E-state index in [0.717, 1.165) is 23.4 Å². The molecule has 21 heavy (non-hydrogen) atoms. The summed E-state index contributed by atoms with van der Waals surface area (Å²) in [5.74, 6) is 0.732. The molecular weight excluding hydrogens is 267 g/mol. The average molecular weight is 290 g/mol. The van der Waals surface area contributed by atoms with Crippen molar-refractivity contribution in [1.29, 1.82) is 0 Å². The normalized spacial score (nSPS) is 11.5. The molecule has 3 nitrogen and oxygen atoms in total. The highest BCUT2D eigenvalue weighted by Crippen LogP contribution is 2.12. The maximum absolute atomic E-state index is 13.2. The molecule has 114 valence electrons. The van der Waals surface area contributed by atoms with Gasteiger partial charge in [-0.3, -0.25) is 4.90 Å². The molecule has 2 rings (SSSR count). The van der Waals surface area contributed by atoms with Crippen molar-refractivity contribution in [3.05, 3.63) is 59.3 Å². The molecule has 0 amide bonds. The lowest BCUT2D eigenvalue weighted by Gasteiger charge is -2.15. The van der Waals surface area contributed by atoms with Crippen molar-refractivity contribution in [2.24, 2.45) is 0 Å². The molecular formula is C17H23FN2O. The van der Waals surface area contributed by atoms with E-state index in [0.29, 0.717) is 19.1 Å². The highest BCUT2D eigenvalue weighted by Gasteiger charge is 2.07. The smallest absolute Gasteiger partial charge is 0.123 e. The second kappa shape index (κ2) is 7.38. The summed E-state index contributed by atoms with van der Waals surface area (Å²) < 4.78 is 18.7. The van der Waals surface area contributed by atoms with E-state index in [1.807, 2.05) is 13.1 Å². The number of nitrogens with zero attached hydrogens (tertiary/aromatic N) is 1. The minimum atomic E-state index is -0.194. The average Bonchev–Trinajstić information content (AvgIpc) is 2.83. The number of benzene rings is 1. The predicted molar refractivity (Wildman–Crippen MR) is 82.3 cm³/mol. The molecule has 0 atom stereocenters. The number of hydrogen-bond acceptors (Lipinski definition) is 3. The number of furan rings is 1. The standard InChI is InChI=1S/C17H23FN2O/c1-13(2)19-9-15-8-17(21-12-15)11-20(3)10-14-5-4-6-16(18)7-14/h4-8,12-13,19H,9-11H2,1-3H3. The van der Waals surface area contributed by atoms with E-state index < -0.39 is 0 Å². The molecule has 1 N–H and O–H groups in total. The Morgan fingerprint density at radius 3 is 2.71 bits per heavy atom. The van der Waals surface area contributed by atoms with Crippen molar-refractivity contribution >= 4 is 0 Å². The summed E-state index contributed by atoms with van der Waals surface area (Å²) in [4.78, 5) is 2.10. The number of hydrogen-bond donors (Lipinski definition) is 1. The van der Waals surface area contributed by atoms with Gasteiger partial charge in [0.2, 0.25) is 0 Å². The first-order chi connectivity index (χ1) is 10.0. The van der Waals surface area contributed by atoms with Crippen LogP contribution in [0.2, 0.25) is 0 Å². The fourth-order valence-electron chi connectivity index (χ4n) is 2.19. The van der Waals surface area contributed by atoms with E-state index in [2.05, 4.69) is 30.1 Å². The summed E-state index contributed by atoms with van der Waals surface area (Å²) in [7, 11) is 2.00. The fourth-order valence-corrected chi connectivity index (χ4v) is 2.19. The Bertz CT molecular complexity index is 565. The highest BCUT2D eigenvalue weighted by molar-refractivity contribution is 5.17. The molecule has 1 aromatic heterocycles. The van der Waals surface area contributed by atoms with Gasteiger partial charge in [-0.1, -0.05) is 26.0 Å². The van der Waals surface area contributed by atoms with Crippen LogP contribution in [0.3, 0.4) is 0 Å². The van der Waals surface area contributed by atoms with Crippen molar-refractivity contribution < 1.29 is 8.81 Å². The second-order valence-electron chi connectivity index (χ2n) is 5.76. The molecule has 0 radical (unpaired) electrons. The molecule has 0 aliphatic heterocycles. The van der Waals surface area contributed by atoms with Gasteiger partial charge >= 0.3 is 0 Å². The van der Waals surface area contributed by atoms with Crippen LogP contribution in [0, 0.1) is 5.82 Å². The number of nitrogens with one attached hydrogen (secondary N) is 1. The summed E-state index contributed by atoms with van der Waals surface area (Å²) in [6, 6.07) is 9.22. The summed E-state index contributed by atoms with van der Waals surface area (Å²) in [6.45, 7) is 6.45. The molecule has 4 heteroatoms. The third kappa shape index (κ3) is 5.33. The van der Waals surface area contributed by atoms with Crippen LogP contribution in [0.15, 0.2) is 41.0 Å². The van der Waals surface area contributed by atoms with E-state index in [4.69, 9.17) is 4.42 Å². The molecule has 1 heterocycles. The Hall–Kier alpha value is -1.65. The van der Waals surface area contributed by atoms with Gasteiger partial charge in [-0.05, 0) is 30.8 Å². The zero-order valence-electron chi connectivity index (χ0n) is 12.9. The van der Waals surface area contributed by atoms with Gasteiger partial charge in [-0.2, -0.15) is 0 Å². The Kier molecular flexibility index (Phi) is 5.53. The number of rotatable bonds is 7.